The Labute approximate surface area is 126 Å². The van der Waals surface area contributed by atoms with Gasteiger partial charge in [-0.15, -0.1) is 0 Å². The van der Waals surface area contributed by atoms with Crippen LogP contribution in [0.2, 0.25) is 10.0 Å². The zero-order valence-electron chi connectivity index (χ0n) is 11.3. The summed E-state index contributed by atoms with van der Waals surface area (Å²) in [6, 6.07) is 2.85. The molecule has 5 nitrogen and oxygen atoms in total. The quantitative estimate of drug-likeness (QED) is 0.883. The molecule has 0 atom stereocenters. The minimum absolute atomic E-state index is 0.172. The third-order valence-corrected chi connectivity index (χ3v) is 2.79. The third kappa shape index (κ3) is 5.27. The summed E-state index contributed by atoms with van der Waals surface area (Å²) in [5.41, 5.74) is 0.0138. The van der Waals surface area contributed by atoms with Crippen LogP contribution >= 0.6 is 23.2 Å². The maximum absolute atomic E-state index is 11.6. The van der Waals surface area contributed by atoms with Crippen LogP contribution in [0.4, 0.5) is 10.5 Å². The smallest absolute Gasteiger partial charge is 0.412 e. The van der Waals surface area contributed by atoms with Crippen LogP contribution in [0.3, 0.4) is 0 Å². The highest BCUT2D eigenvalue weighted by atomic mass is 35.5. The van der Waals surface area contributed by atoms with Gasteiger partial charge >= 0.3 is 12.1 Å². The van der Waals surface area contributed by atoms with Crippen molar-refractivity contribution in [3.05, 3.63) is 27.7 Å². The number of hydrogen-bond donors (Lipinski definition) is 2. The summed E-state index contributed by atoms with van der Waals surface area (Å²) in [6.07, 6.45) is -0.930. The van der Waals surface area contributed by atoms with E-state index in [-0.39, 0.29) is 16.5 Å². The zero-order valence-corrected chi connectivity index (χ0v) is 12.8. The Hall–Kier alpha value is -1.46. The molecule has 0 aromatic heterocycles. The Morgan fingerprint density at radius 1 is 1.25 bits per heavy atom. The number of rotatable bonds is 3. The first-order valence-corrected chi connectivity index (χ1v) is 6.54. The summed E-state index contributed by atoms with van der Waals surface area (Å²) in [7, 11) is 0. The summed E-state index contributed by atoms with van der Waals surface area (Å²) < 4.78 is 5.09. The second-order valence-electron chi connectivity index (χ2n) is 5.12. The molecular formula is C13H15Cl2NO4. The van der Waals surface area contributed by atoms with E-state index in [1.165, 1.54) is 12.1 Å². The van der Waals surface area contributed by atoms with Crippen molar-refractivity contribution in [2.24, 2.45) is 0 Å². The van der Waals surface area contributed by atoms with E-state index in [0.29, 0.717) is 11.3 Å². The molecule has 0 spiro atoms. The number of ether oxygens (including phenoxy) is 1. The largest absolute Gasteiger partial charge is 0.481 e. The van der Waals surface area contributed by atoms with Crippen LogP contribution in [0.5, 0.6) is 0 Å². The number of anilines is 1. The van der Waals surface area contributed by atoms with Crippen LogP contribution in [0, 0.1) is 0 Å². The van der Waals surface area contributed by atoms with Crippen LogP contribution in [0.25, 0.3) is 0 Å². The standard InChI is InChI=1S/C13H15Cl2NO4/c1-13(2,3)20-12(19)16-7-4-9(14)8(6-11(17)18)10(15)5-7/h4-5H,6H2,1-3H3,(H,16,19)(H,17,18). The molecule has 0 radical (unpaired) electrons. The van der Waals surface area contributed by atoms with Crippen molar-refractivity contribution in [2.75, 3.05) is 5.32 Å². The van der Waals surface area contributed by atoms with Crippen molar-refractivity contribution in [3.63, 3.8) is 0 Å². The molecule has 0 fully saturated rings. The molecule has 0 unspecified atom stereocenters. The lowest BCUT2D eigenvalue weighted by Gasteiger charge is -2.20. The molecule has 0 saturated heterocycles. The zero-order chi connectivity index (χ0) is 15.5. The van der Waals surface area contributed by atoms with Crippen molar-refractivity contribution in [1.82, 2.24) is 0 Å². The number of carboxylic acid groups (broad SMARTS) is 1. The minimum atomic E-state index is -1.04. The number of halogens is 2. The highest BCUT2D eigenvalue weighted by Crippen LogP contribution is 2.29. The Bertz CT molecular complexity index is 515. The van der Waals surface area contributed by atoms with Gasteiger partial charge in [0, 0.05) is 21.3 Å². The highest BCUT2D eigenvalue weighted by Gasteiger charge is 2.17. The van der Waals surface area contributed by atoms with Gasteiger partial charge in [-0.1, -0.05) is 23.2 Å². The molecule has 1 amide bonds. The molecule has 0 aliphatic carbocycles. The van der Waals surface area contributed by atoms with E-state index in [0.717, 1.165) is 0 Å². The second-order valence-corrected chi connectivity index (χ2v) is 5.93. The van der Waals surface area contributed by atoms with E-state index in [9.17, 15) is 9.59 Å². The van der Waals surface area contributed by atoms with Gasteiger partial charge in [-0.3, -0.25) is 10.1 Å². The van der Waals surface area contributed by atoms with E-state index < -0.39 is 17.7 Å². The SMILES string of the molecule is CC(C)(C)OC(=O)Nc1cc(Cl)c(CC(=O)O)c(Cl)c1. The maximum Gasteiger partial charge on any atom is 0.412 e. The normalized spacial score (nSPS) is 11.1. The van der Waals surface area contributed by atoms with Crippen molar-refractivity contribution in [1.29, 1.82) is 0 Å². The molecule has 2 N–H and O–H groups in total. The first kappa shape index (κ1) is 16.6. The minimum Gasteiger partial charge on any atom is -0.481 e. The van der Waals surface area contributed by atoms with E-state index in [2.05, 4.69) is 5.32 Å². The summed E-state index contributed by atoms with van der Waals surface area (Å²) in [4.78, 5) is 22.3. The summed E-state index contributed by atoms with van der Waals surface area (Å²) in [5.74, 6) is -1.04. The van der Waals surface area contributed by atoms with Crippen LogP contribution < -0.4 is 5.32 Å². The molecule has 0 aliphatic heterocycles. The number of nitrogens with one attached hydrogen (secondary N) is 1. The molecule has 1 rings (SSSR count). The summed E-state index contributed by atoms with van der Waals surface area (Å²) >= 11 is 11.9. The highest BCUT2D eigenvalue weighted by molar-refractivity contribution is 6.36. The van der Waals surface area contributed by atoms with Crippen LogP contribution in [-0.2, 0) is 16.0 Å². The second kappa shape index (κ2) is 6.33. The van der Waals surface area contributed by atoms with Gasteiger partial charge in [0.1, 0.15) is 5.60 Å². The van der Waals surface area contributed by atoms with Gasteiger partial charge < -0.3 is 9.84 Å². The number of carboxylic acids is 1. The Morgan fingerprint density at radius 2 is 1.75 bits per heavy atom. The molecule has 0 heterocycles. The molecule has 0 saturated carbocycles. The molecule has 0 bridgehead atoms. The lowest BCUT2D eigenvalue weighted by atomic mass is 10.1. The number of carbonyl (C=O) groups excluding carboxylic acids is 1. The van der Waals surface area contributed by atoms with E-state index in [1.807, 2.05) is 0 Å². The van der Waals surface area contributed by atoms with Crippen molar-refractivity contribution in [2.45, 2.75) is 32.8 Å². The molecule has 1 aromatic carbocycles. The number of hydrogen-bond acceptors (Lipinski definition) is 3. The lowest BCUT2D eigenvalue weighted by Crippen LogP contribution is -2.27. The topological polar surface area (TPSA) is 75.6 Å². The Balaban J connectivity index is 2.89. The molecule has 110 valence electrons. The van der Waals surface area contributed by atoms with Crippen molar-refractivity contribution >= 4 is 41.0 Å². The molecule has 20 heavy (non-hydrogen) atoms. The lowest BCUT2D eigenvalue weighted by molar-refractivity contribution is -0.136. The predicted octanol–water partition coefficient (Wildman–Crippen LogP) is 3.97. The first-order chi connectivity index (χ1) is 9.08. The van der Waals surface area contributed by atoms with Gasteiger partial charge in [0.25, 0.3) is 0 Å². The fraction of sp³-hybridized carbons (Fsp3) is 0.385. The number of amides is 1. The van der Waals surface area contributed by atoms with Gasteiger partial charge in [-0.2, -0.15) is 0 Å². The Kier molecular flexibility index (Phi) is 5.25. The predicted molar refractivity (Wildman–Crippen MR) is 77.7 cm³/mol. The van der Waals surface area contributed by atoms with Crippen molar-refractivity contribution < 1.29 is 19.4 Å². The van der Waals surface area contributed by atoms with E-state index in [4.69, 9.17) is 33.0 Å². The molecule has 7 heteroatoms. The fourth-order valence-electron chi connectivity index (χ4n) is 1.42. The molecular weight excluding hydrogens is 305 g/mol. The number of carbonyl (C=O) groups is 2. The van der Waals surface area contributed by atoms with Gasteiger partial charge in [0.15, 0.2) is 0 Å². The average molecular weight is 320 g/mol. The number of benzene rings is 1. The van der Waals surface area contributed by atoms with Gasteiger partial charge in [0.2, 0.25) is 0 Å². The fourth-order valence-corrected chi connectivity index (χ4v) is 2.04. The maximum atomic E-state index is 11.6. The van der Waals surface area contributed by atoms with Gasteiger partial charge in [-0.25, -0.2) is 4.79 Å². The summed E-state index contributed by atoms with van der Waals surface area (Å²) in [5, 5.41) is 11.6. The van der Waals surface area contributed by atoms with Gasteiger partial charge in [0.05, 0.1) is 6.42 Å². The average Bonchev–Trinajstić information content (AvgIpc) is 2.20. The number of aliphatic carboxylic acids is 1. The monoisotopic (exact) mass is 319 g/mol. The Morgan fingerprint density at radius 3 is 2.15 bits per heavy atom. The third-order valence-electron chi connectivity index (χ3n) is 2.11. The van der Waals surface area contributed by atoms with E-state index in [1.54, 1.807) is 20.8 Å². The van der Waals surface area contributed by atoms with Crippen LogP contribution in [0.15, 0.2) is 12.1 Å². The van der Waals surface area contributed by atoms with Crippen LogP contribution in [0.1, 0.15) is 26.3 Å². The molecule has 1 aromatic rings. The van der Waals surface area contributed by atoms with Gasteiger partial charge in [-0.05, 0) is 32.9 Å². The molecule has 0 aliphatic rings. The van der Waals surface area contributed by atoms with Crippen molar-refractivity contribution in [3.8, 4) is 0 Å². The van der Waals surface area contributed by atoms with Crippen LogP contribution in [-0.4, -0.2) is 22.8 Å². The summed E-state index contributed by atoms with van der Waals surface area (Å²) in [6.45, 7) is 5.22. The first-order valence-electron chi connectivity index (χ1n) is 5.78. The van der Waals surface area contributed by atoms with E-state index >= 15 is 0 Å².